The Bertz CT molecular complexity index is 328. The molecule has 0 aromatic heterocycles. The SMILES string of the molecule is Cc1ccc(C)c(C(O)C(C)C(C)C)c1. The van der Waals surface area contributed by atoms with Crippen molar-refractivity contribution in [3.63, 3.8) is 0 Å². The Morgan fingerprint density at radius 1 is 1.07 bits per heavy atom. The molecule has 2 unspecified atom stereocenters. The zero-order valence-corrected chi connectivity index (χ0v) is 10.4. The summed E-state index contributed by atoms with van der Waals surface area (Å²) in [6, 6.07) is 6.27. The summed E-state index contributed by atoms with van der Waals surface area (Å²) in [6.45, 7) is 10.5. The first-order valence-electron chi connectivity index (χ1n) is 5.68. The first kappa shape index (κ1) is 12.3. The topological polar surface area (TPSA) is 20.2 Å². The van der Waals surface area contributed by atoms with Gasteiger partial charge in [0, 0.05) is 0 Å². The van der Waals surface area contributed by atoms with E-state index in [1.165, 1.54) is 11.1 Å². The van der Waals surface area contributed by atoms with Crippen LogP contribution < -0.4 is 0 Å². The molecule has 0 bridgehead atoms. The highest BCUT2D eigenvalue weighted by molar-refractivity contribution is 5.32. The molecule has 1 N–H and O–H groups in total. The van der Waals surface area contributed by atoms with E-state index >= 15 is 0 Å². The van der Waals surface area contributed by atoms with Crippen molar-refractivity contribution in [3.8, 4) is 0 Å². The van der Waals surface area contributed by atoms with Gasteiger partial charge in [-0.3, -0.25) is 0 Å². The fourth-order valence-electron chi connectivity index (χ4n) is 1.73. The normalized spacial score (nSPS) is 15.4. The van der Waals surface area contributed by atoms with E-state index in [2.05, 4.69) is 52.8 Å². The highest BCUT2D eigenvalue weighted by Crippen LogP contribution is 2.29. The molecular formula is C14H22O. The van der Waals surface area contributed by atoms with E-state index in [0.29, 0.717) is 11.8 Å². The number of rotatable bonds is 3. The van der Waals surface area contributed by atoms with Crippen LogP contribution in [0.15, 0.2) is 18.2 Å². The maximum atomic E-state index is 10.3. The van der Waals surface area contributed by atoms with Crippen LogP contribution in [0.5, 0.6) is 0 Å². The van der Waals surface area contributed by atoms with Crippen molar-refractivity contribution >= 4 is 0 Å². The van der Waals surface area contributed by atoms with Crippen molar-refractivity contribution in [3.05, 3.63) is 34.9 Å². The Morgan fingerprint density at radius 2 is 1.67 bits per heavy atom. The molecule has 0 aliphatic rings. The zero-order valence-electron chi connectivity index (χ0n) is 10.4. The fraction of sp³-hybridized carbons (Fsp3) is 0.571. The third-order valence-corrected chi connectivity index (χ3v) is 3.30. The molecule has 1 nitrogen and oxygen atoms in total. The van der Waals surface area contributed by atoms with Gasteiger partial charge in [-0.05, 0) is 36.8 Å². The zero-order chi connectivity index (χ0) is 11.6. The van der Waals surface area contributed by atoms with Crippen molar-refractivity contribution in [1.29, 1.82) is 0 Å². The van der Waals surface area contributed by atoms with E-state index in [1.807, 2.05) is 0 Å². The molecule has 1 aromatic rings. The number of aryl methyl sites for hydroxylation is 2. The molecule has 1 heteroatoms. The molecule has 2 atom stereocenters. The average Bonchev–Trinajstić information content (AvgIpc) is 2.19. The Morgan fingerprint density at radius 3 is 2.20 bits per heavy atom. The minimum Gasteiger partial charge on any atom is -0.388 e. The number of hydrogen-bond acceptors (Lipinski definition) is 1. The van der Waals surface area contributed by atoms with Crippen LogP contribution in [0.1, 0.15) is 43.6 Å². The molecule has 84 valence electrons. The molecule has 0 saturated heterocycles. The van der Waals surface area contributed by atoms with Gasteiger partial charge in [-0.2, -0.15) is 0 Å². The van der Waals surface area contributed by atoms with Crippen molar-refractivity contribution in [1.82, 2.24) is 0 Å². The van der Waals surface area contributed by atoms with Crippen LogP contribution in [0.3, 0.4) is 0 Å². The molecule has 0 spiro atoms. The maximum absolute atomic E-state index is 10.3. The molecule has 0 aliphatic carbocycles. The summed E-state index contributed by atoms with van der Waals surface area (Å²) < 4.78 is 0. The third kappa shape index (κ3) is 2.82. The fourth-order valence-corrected chi connectivity index (χ4v) is 1.73. The molecule has 0 amide bonds. The van der Waals surface area contributed by atoms with Crippen LogP contribution in [0, 0.1) is 25.7 Å². The van der Waals surface area contributed by atoms with E-state index in [9.17, 15) is 5.11 Å². The van der Waals surface area contributed by atoms with Crippen LogP contribution in [0.4, 0.5) is 0 Å². The minimum atomic E-state index is -0.343. The molecule has 0 aliphatic heterocycles. The van der Waals surface area contributed by atoms with E-state index < -0.39 is 0 Å². The van der Waals surface area contributed by atoms with Crippen LogP contribution >= 0.6 is 0 Å². The van der Waals surface area contributed by atoms with E-state index in [-0.39, 0.29) is 6.10 Å². The lowest BCUT2D eigenvalue weighted by Crippen LogP contribution is -2.16. The number of aliphatic hydroxyl groups is 1. The molecule has 1 aromatic carbocycles. The molecule has 0 fully saturated rings. The van der Waals surface area contributed by atoms with Crippen molar-refractivity contribution in [2.45, 2.75) is 40.7 Å². The summed E-state index contributed by atoms with van der Waals surface area (Å²) in [5, 5.41) is 10.3. The Labute approximate surface area is 93.1 Å². The van der Waals surface area contributed by atoms with E-state index in [1.54, 1.807) is 0 Å². The van der Waals surface area contributed by atoms with Crippen molar-refractivity contribution in [2.24, 2.45) is 11.8 Å². The van der Waals surface area contributed by atoms with Gasteiger partial charge < -0.3 is 5.11 Å². The second kappa shape index (κ2) is 4.80. The van der Waals surface area contributed by atoms with Gasteiger partial charge in [0.15, 0.2) is 0 Å². The molecule has 15 heavy (non-hydrogen) atoms. The van der Waals surface area contributed by atoms with Gasteiger partial charge in [0.25, 0.3) is 0 Å². The molecule has 1 rings (SSSR count). The predicted molar refractivity (Wildman–Crippen MR) is 64.9 cm³/mol. The highest BCUT2D eigenvalue weighted by atomic mass is 16.3. The van der Waals surface area contributed by atoms with Gasteiger partial charge in [0.1, 0.15) is 0 Å². The van der Waals surface area contributed by atoms with Gasteiger partial charge in [-0.15, -0.1) is 0 Å². The Hall–Kier alpha value is -0.820. The van der Waals surface area contributed by atoms with Gasteiger partial charge in [-0.25, -0.2) is 0 Å². The summed E-state index contributed by atoms with van der Waals surface area (Å²) in [5.41, 5.74) is 3.47. The number of benzene rings is 1. The third-order valence-electron chi connectivity index (χ3n) is 3.30. The largest absolute Gasteiger partial charge is 0.388 e. The summed E-state index contributed by atoms with van der Waals surface area (Å²) >= 11 is 0. The highest BCUT2D eigenvalue weighted by Gasteiger charge is 2.20. The van der Waals surface area contributed by atoms with Gasteiger partial charge >= 0.3 is 0 Å². The van der Waals surface area contributed by atoms with E-state index in [0.717, 1.165) is 5.56 Å². The van der Waals surface area contributed by atoms with Crippen LogP contribution in [0.2, 0.25) is 0 Å². The Kier molecular flexibility index (Phi) is 3.92. The predicted octanol–water partition coefficient (Wildman–Crippen LogP) is 3.63. The number of aliphatic hydroxyl groups excluding tert-OH is 1. The monoisotopic (exact) mass is 206 g/mol. The molecule has 0 heterocycles. The van der Waals surface area contributed by atoms with Crippen molar-refractivity contribution < 1.29 is 5.11 Å². The maximum Gasteiger partial charge on any atom is 0.0820 e. The second-order valence-corrected chi connectivity index (χ2v) is 4.91. The second-order valence-electron chi connectivity index (χ2n) is 4.91. The summed E-state index contributed by atoms with van der Waals surface area (Å²) in [7, 11) is 0. The molecular weight excluding hydrogens is 184 g/mol. The minimum absolute atomic E-state index is 0.297. The standard InChI is InChI=1S/C14H22O/c1-9(2)12(5)14(15)13-8-10(3)6-7-11(13)4/h6-9,12,14-15H,1-5H3. The summed E-state index contributed by atoms with van der Waals surface area (Å²) in [4.78, 5) is 0. The lowest BCUT2D eigenvalue weighted by molar-refractivity contribution is 0.0915. The van der Waals surface area contributed by atoms with Crippen LogP contribution in [0.25, 0.3) is 0 Å². The molecule has 0 radical (unpaired) electrons. The number of hydrogen-bond donors (Lipinski definition) is 1. The van der Waals surface area contributed by atoms with Gasteiger partial charge in [0.2, 0.25) is 0 Å². The van der Waals surface area contributed by atoms with Crippen LogP contribution in [-0.2, 0) is 0 Å². The van der Waals surface area contributed by atoms with Gasteiger partial charge in [0.05, 0.1) is 6.10 Å². The smallest absolute Gasteiger partial charge is 0.0820 e. The summed E-state index contributed by atoms with van der Waals surface area (Å²) in [6.07, 6.45) is -0.343. The van der Waals surface area contributed by atoms with Crippen LogP contribution in [-0.4, -0.2) is 5.11 Å². The van der Waals surface area contributed by atoms with E-state index in [4.69, 9.17) is 0 Å². The van der Waals surface area contributed by atoms with Crippen molar-refractivity contribution in [2.75, 3.05) is 0 Å². The molecule has 0 saturated carbocycles. The average molecular weight is 206 g/mol. The van der Waals surface area contributed by atoms with Gasteiger partial charge in [-0.1, -0.05) is 44.5 Å². The quantitative estimate of drug-likeness (QED) is 0.800. The Balaban J connectivity index is 2.99. The first-order chi connectivity index (χ1) is 6.93. The lowest BCUT2D eigenvalue weighted by Gasteiger charge is -2.24. The summed E-state index contributed by atoms with van der Waals surface area (Å²) in [5.74, 6) is 0.797. The first-order valence-corrected chi connectivity index (χ1v) is 5.68. The lowest BCUT2D eigenvalue weighted by atomic mass is 9.86.